The zero-order valence-electron chi connectivity index (χ0n) is 11.8. The van der Waals surface area contributed by atoms with E-state index in [0.717, 1.165) is 10.9 Å². The van der Waals surface area contributed by atoms with Gasteiger partial charge in [-0.3, -0.25) is 4.79 Å². The van der Waals surface area contributed by atoms with Crippen molar-refractivity contribution in [2.45, 2.75) is 13.3 Å². The van der Waals surface area contributed by atoms with Crippen molar-refractivity contribution in [1.29, 1.82) is 0 Å². The highest BCUT2D eigenvalue weighted by Crippen LogP contribution is 2.31. The van der Waals surface area contributed by atoms with Gasteiger partial charge in [-0.1, -0.05) is 23.7 Å². The highest BCUT2D eigenvalue weighted by molar-refractivity contribution is 6.35. The van der Waals surface area contributed by atoms with Crippen LogP contribution >= 0.6 is 11.6 Å². The number of furan rings is 1. The van der Waals surface area contributed by atoms with Crippen molar-refractivity contribution in [1.82, 2.24) is 4.90 Å². The second-order valence-electron chi connectivity index (χ2n) is 4.77. The standard InChI is InChI=1S/C15H18ClNO4/c1-10-11-4-2-5-12(16)14(11)21-13(10)15(20)17(7-9-19)6-3-8-18/h2,4-5,18-19H,3,6-9H2,1H3. The summed E-state index contributed by atoms with van der Waals surface area (Å²) >= 11 is 6.08. The number of carbonyl (C=O) groups is 1. The molecule has 0 atom stereocenters. The van der Waals surface area contributed by atoms with Gasteiger partial charge in [0.25, 0.3) is 5.91 Å². The van der Waals surface area contributed by atoms with Crippen molar-refractivity contribution in [2.75, 3.05) is 26.3 Å². The molecule has 6 heteroatoms. The highest BCUT2D eigenvalue weighted by atomic mass is 35.5. The molecule has 0 spiro atoms. The van der Waals surface area contributed by atoms with Crippen LogP contribution in [-0.4, -0.2) is 47.3 Å². The van der Waals surface area contributed by atoms with E-state index in [9.17, 15) is 4.79 Å². The van der Waals surface area contributed by atoms with Gasteiger partial charge in [0.05, 0.1) is 11.6 Å². The van der Waals surface area contributed by atoms with Crippen molar-refractivity contribution in [3.63, 3.8) is 0 Å². The van der Waals surface area contributed by atoms with Crippen LogP contribution in [0.5, 0.6) is 0 Å². The maximum atomic E-state index is 12.5. The van der Waals surface area contributed by atoms with Crippen LogP contribution in [0.1, 0.15) is 22.5 Å². The number of hydrogen-bond donors (Lipinski definition) is 2. The van der Waals surface area contributed by atoms with E-state index in [1.54, 1.807) is 19.1 Å². The Morgan fingerprint density at radius 1 is 1.29 bits per heavy atom. The van der Waals surface area contributed by atoms with Crippen LogP contribution in [0.4, 0.5) is 0 Å². The van der Waals surface area contributed by atoms with Gasteiger partial charge in [-0.15, -0.1) is 0 Å². The topological polar surface area (TPSA) is 73.9 Å². The lowest BCUT2D eigenvalue weighted by Crippen LogP contribution is -2.35. The normalized spacial score (nSPS) is 11.0. The first-order chi connectivity index (χ1) is 10.1. The largest absolute Gasteiger partial charge is 0.449 e. The number of aliphatic hydroxyl groups is 2. The van der Waals surface area contributed by atoms with Gasteiger partial charge in [0.1, 0.15) is 0 Å². The predicted molar refractivity (Wildman–Crippen MR) is 80.7 cm³/mol. The van der Waals surface area contributed by atoms with Gasteiger partial charge >= 0.3 is 0 Å². The van der Waals surface area contributed by atoms with Crippen LogP contribution in [0.15, 0.2) is 22.6 Å². The van der Waals surface area contributed by atoms with Gasteiger partial charge in [0.2, 0.25) is 0 Å². The molecule has 1 aromatic heterocycles. The summed E-state index contributed by atoms with van der Waals surface area (Å²) in [6.45, 7) is 2.21. The monoisotopic (exact) mass is 311 g/mol. The lowest BCUT2D eigenvalue weighted by Gasteiger charge is -2.20. The molecular weight excluding hydrogens is 294 g/mol. The number of fused-ring (bicyclic) bond motifs is 1. The maximum absolute atomic E-state index is 12.5. The molecule has 0 aliphatic rings. The predicted octanol–water partition coefficient (Wildman–Crippen LogP) is 2.21. The van der Waals surface area contributed by atoms with Crippen LogP contribution < -0.4 is 0 Å². The number of aryl methyl sites for hydroxylation is 1. The summed E-state index contributed by atoms with van der Waals surface area (Å²) in [5.74, 6) is -0.0771. The van der Waals surface area contributed by atoms with E-state index in [1.165, 1.54) is 4.90 Å². The third-order valence-electron chi connectivity index (χ3n) is 3.35. The number of benzene rings is 1. The van der Waals surface area contributed by atoms with Gasteiger partial charge in [0, 0.05) is 30.6 Å². The minimum absolute atomic E-state index is 0.0137. The molecule has 0 fully saturated rings. The maximum Gasteiger partial charge on any atom is 0.289 e. The SMILES string of the molecule is Cc1c(C(=O)N(CCO)CCCO)oc2c(Cl)cccc12. The van der Waals surface area contributed by atoms with E-state index in [1.807, 2.05) is 6.07 Å². The van der Waals surface area contributed by atoms with Gasteiger partial charge in [-0.25, -0.2) is 0 Å². The summed E-state index contributed by atoms with van der Waals surface area (Å²) < 4.78 is 5.63. The van der Waals surface area contributed by atoms with Crippen molar-refractivity contribution >= 4 is 28.5 Å². The summed E-state index contributed by atoms with van der Waals surface area (Å²) in [5, 5.41) is 19.2. The molecule has 2 rings (SSSR count). The molecule has 1 aromatic carbocycles. The molecule has 0 saturated carbocycles. The third-order valence-corrected chi connectivity index (χ3v) is 3.65. The minimum atomic E-state index is -0.303. The Morgan fingerprint density at radius 2 is 2.05 bits per heavy atom. The molecule has 0 radical (unpaired) electrons. The van der Waals surface area contributed by atoms with Gasteiger partial charge in [-0.2, -0.15) is 0 Å². The van der Waals surface area contributed by atoms with Crippen LogP contribution in [0.2, 0.25) is 5.02 Å². The first-order valence-electron chi connectivity index (χ1n) is 6.78. The lowest BCUT2D eigenvalue weighted by molar-refractivity contribution is 0.0680. The number of halogens is 1. The Hall–Kier alpha value is -1.56. The minimum Gasteiger partial charge on any atom is -0.449 e. The van der Waals surface area contributed by atoms with Crippen molar-refractivity contribution in [2.24, 2.45) is 0 Å². The number of amides is 1. The zero-order valence-corrected chi connectivity index (χ0v) is 12.6. The molecule has 2 N–H and O–H groups in total. The average molecular weight is 312 g/mol. The highest BCUT2D eigenvalue weighted by Gasteiger charge is 2.23. The van der Waals surface area contributed by atoms with Gasteiger partial charge in [0.15, 0.2) is 11.3 Å². The number of para-hydroxylation sites is 1. The number of aliphatic hydroxyl groups excluding tert-OH is 2. The summed E-state index contributed by atoms with van der Waals surface area (Å²) in [7, 11) is 0. The first kappa shape index (κ1) is 15.8. The summed E-state index contributed by atoms with van der Waals surface area (Å²) in [6, 6.07) is 5.36. The van der Waals surface area contributed by atoms with Crippen LogP contribution in [-0.2, 0) is 0 Å². The Labute approximate surface area is 127 Å². The van der Waals surface area contributed by atoms with E-state index >= 15 is 0 Å². The van der Waals surface area contributed by atoms with E-state index in [2.05, 4.69) is 0 Å². The average Bonchev–Trinajstić information content (AvgIpc) is 2.82. The van der Waals surface area contributed by atoms with Crippen molar-refractivity contribution in [3.05, 3.63) is 34.5 Å². The molecule has 0 aliphatic heterocycles. The third kappa shape index (κ3) is 3.20. The Bertz CT molecular complexity index is 638. The summed E-state index contributed by atoms with van der Waals surface area (Å²) in [4.78, 5) is 14.0. The van der Waals surface area contributed by atoms with E-state index < -0.39 is 0 Å². The number of nitrogens with zero attached hydrogens (tertiary/aromatic N) is 1. The molecule has 1 amide bonds. The molecule has 0 saturated heterocycles. The molecule has 5 nitrogen and oxygen atoms in total. The van der Waals surface area contributed by atoms with Gasteiger partial charge < -0.3 is 19.5 Å². The summed E-state index contributed by atoms with van der Waals surface area (Å²) in [6.07, 6.45) is 0.450. The fourth-order valence-electron chi connectivity index (χ4n) is 2.25. The van der Waals surface area contributed by atoms with Crippen molar-refractivity contribution < 1.29 is 19.4 Å². The summed E-state index contributed by atoms with van der Waals surface area (Å²) in [5.41, 5.74) is 1.22. The fraction of sp³-hybridized carbons (Fsp3) is 0.400. The molecule has 0 aliphatic carbocycles. The quantitative estimate of drug-likeness (QED) is 0.858. The Kier molecular flexibility index (Phi) is 5.22. The van der Waals surface area contributed by atoms with Crippen LogP contribution in [0, 0.1) is 6.92 Å². The van der Waals surface area contributed by atoms with Crippen molar-refractivity contribution in [3.8, 4) is 0 Å². The number of carbonyl (C=O) groups excluding carboxylic acids is 1. The molecule has 0 bridgehead atoms. The van der Waals surface area contributed by atoms with Crippen LogP contribution in [0.3, 0.4) is 0 Å². The smallest absolute Gasteiger partial charge is 0.289 e. The van der Waals surface area contributed by atoms with Crippen LogP contribution in [0.25, 0.3) is 11.0 Å². The molecular formula is C15H18ClNO4. The first-order valence-corrected chi connectivity index (χ1v) is 7.16. The van der Waals surface area contributed by atoms with Gasteiger partial charge in [-0.05, 0) is 19.4 Å². The molecule has 2 aromatic rings. The van der Waals surface area contributed by atoms with E-state index in [-0.39, 0.29) is 31.4 Å². The molecule has 0 unspecified atom stereocenters. The second kappa shape index (κ2) is 6.93. The van der Waals surface area contributed by atoms with E-state index in [4.69, 9.17) is 26.2 Å². The number of rotatable bonds is 6. The molecule has 21 heavy (non-hydrogen) atoms. The Morgan fingerprint density at radius 3 is 2.67 bits per heavy atom. The molecule has 1 heterocycles. The van der Waals surface area contributed by atoms with E-state index in [0.29, 0.717) is 23.6 Å². The lowest BCUT2D eigenvalue weighted by atomic mass is 10.1. The zero-order chi connectivity index (χ0) is 15.4. The second-order valence-corrected chi connectivity index (χ2v) is 5.17. The number of hydrogen-bond acceptors (Lipinski definition) is 4. The Balaban J connectivity index is 2.37. The molecule has 114 valence electrons. The fourth-order valence-corrected chi connectivity index (χ4v) is 2.47.